The first-order valence-electron chi connectivity index (χ1n) is 9.33. The first-order valence-corrected chi connectivity index (χ1v) is 9.33. The van der Waals surface area contributed by atoms with Gasteiger partial charge in [-0.1, -0.05) is 19.3 Å². The van der Waals surface area contributed by atoms with E-state index in [-0.39, 0.29) is 24.0 Å². The van der Waals surface area contributed by atoms with Gasteiger partial charge in [0.25, 0.3) is 0 Å². The van der Waals surface area contributed by atoms with Crippen molar-refractivity contribution < 1.29 is 9.59 Å². The Kier molecular flexibility index (Phi) is 5.88. The maximum atomic E-state index is 12.5. The van der Waals surface area contributed by atoms with Crippen molar-refractivity contribution in [3.05, 3.63) is 12.7 Å². The van der Waals surface area contributed by atoms with Crippen LogP contribution < -0.4 is 10.6 Å². The number of rotatable bonds is 4. The van der Waals surface area contributed by atoms with E-state index >= 15 is 0 Å². The zero-order valence-electron chi connectivity index (χ0n) is 14.9. The van der Waals surface area contributed by atoms with Crippen molar-refractivity contribution >= 4 is 11.9 Å². The Morgan fingerprint density at radius 1 is 1.04 bits per heavy atom. The summed E-state index contributed by atoms with van der Waals surface area (Å²) in [6.07, 6.45) is 10.4. The highest BCUT2D eigenvalue weighted by atomic mass is 16.2. The molecule has 8 nitrogen and oxygen atoms in total. The molecule has 138 valence electrons. The first kappa shape index (κ1) is 17.7. The van der Waals surface area contributed by atoms with Gasteiger partial charge in [-0.05, 0) is 32.6 Å². The highest BCUT2D eigenvalue weighted by Gasteiger charge is 2.28. The predicted molar refractivity (Wildman–Crippen MR) is 92.9 cm³/mol. The molecular weight excluding hydrogens is 320 g/mol. The highest BCUT2D eigenvalue weighted by molar-refractivity contribution is 5.80. The third kappa shape index (κ3) is 4.70. The molecule has 2 N–H and O–H groups in total. The minimum Gasteiger partial charge on any atom is -0.341 e. The van der Waals surface area contributed by atoms with Gasteiger partial charge in [0.15, 0.2) is 0 Å². The summed E-state index contributed by atoms with van der Waals surface area (Å²) in [5.74, 6) is 0.0515. The molecular formula is C17H28N6O2. The van der Waals surface area contributed by atoms with E-state index < -0.39 is 0 Å². The van der Waals surface area contributed by atoms with Gasteiger partial charge in [-0.2, -0.15) is 5.10 Å². The standard InChI is InChI=1S/C17H28N6O2/c1-13(23-12-18-11-19-23)16(24)22-9-7-15(8-10-22)21-17(25)20-14-5-3-2-4-6-14/h11-15H,2-10H2,1H3,(H2,20,21,25)/t13-/m0/s1. The number of amides is 3. The van der Waals surface area contributed by atoms with Crippen LogP contribution in [0.2, 0.25) is 0 Å². The summed E-state index contributed by atoms with van der Waals surface area (Å²) >= 11 is 0. The van der Waals surface area contributed by atoms with Gasteiger partial charge in [0.2, 0.25) is 5.91 Å². The molecule has 3 amide bonds. The fourth-order valence-corrected chi connectivity index (χ4v) is 3.70. The molecule has 1 saturated carbocycles. The molecule has 2 aliphatic rings. The molecule has 1 saturated heterocycles. The van der Waals surface area contributed by atoms with E-state index in [1.807, 2.05) is 11.8 Å². The van der Waals surface area contributed by atoms with Crippen LogP contribution in [0.15, 0.2) is 12.7 Å². The van der Waals surface area contributed by atoms with Crippen LogP contribution in [0.4, 0.5) is 4.79 Å². The van der Waals surface area contributed by atoms with Gasteiger partial charge in [0, 0.05) is 25.2 Å². The predicted octanol–water partition coefficient (Wildman–Crippen LogP) is 1.46. The molecule has 2 heterocycles. The van der Waals surface area contributed by atoms with E-state index in [1.54, 1.807) is 11.0 Å². The summed E-state index contributed by atoms with van der Waals surface area (Å²) in [6, 6.07) is 0.0440. The number of nitrogens with one attached hydrogen (secondary N) is 2. The molecule has 3 rings (SSSR count). The number of aromatic nitrogens is 3. The number of hydrogen-bond acceptors (Lipinski definition) is 4. The Bertz CT molecular complexity index is 562. The van der Waals surface area contributed by atoms with Gasteiger partial charge in [-0.25, -0.2) is 14.5 Å². The lowest BCUT2D eigenvalue weighted by molar-refractivity contribution is -0.135. The molecule has 0 aromatic carbocycles. The smallest absolute Gasteiger partial charge is 0.315 e. The van der Waals surface area contributed by atoms with Crippen molar-refractivity contribution in [2.75, 3.05) is 13.1 Å². The van der Waals surface area contributed by atoms with E-state index in [9.17, 15) is 9.59 Å². The Balaban J connectivity index is 1.40. The summed E-state index contributed by atoms with van der Waals surface area (Å²) in [7, 11) is 0. The molecule has 0 spiro atoms. The molecule has 1 aliphatic heterocycles. The van der Waals surface area contributed by atoms with Gasteiger partial charge >= 0.3 is 6.03 Å². The quantitative estimate of drug-likeness (QED) is 0.862. The molecule has 1 aromatic heterocycles. The minimum atomic E-state index is -0.346. The summed E-state index contributed by atoms with van der Waals surface area (Å²) in [4.78, 5) is 30.4. The number of carbonyl (C=O) groups is 2. The van der Waals surface area contributed by atoms with Gasteiger partial charge in [0.05, 0.1) is 0 Å². The molecule has 1 aliphatic carbocycles. The van der Waals surface area contributed by atoms with Crippen molar-refractivity contribution in [2.24, 2.45) is 0 Å². The second kappa shape index (κ2) is 8.31. The van der Waals surface area contributed by atoms with Crippen LogP contribution in [-0.2, 0) is 4.79 Å². The molecule has 0 radical (unpaired) electrons. The molecule has 2 fully saturated rings. The van der Waals surface area contributed by atoms with Crippen LogP contribution in [0.5, 0.6) is 0 Å². The number of urea groups is 1. The van der Waals surface area contributed by atoms with Crippen LogP contribution in [-0.4, -0.2) is 56.8 Å². The average molecular weight is 348 g/mol. The normalized spacial score (nSPS) is 20.9. The van der Waals surface area contributed by atoms with Crippen molar-refractivity contribution in [1.82, 2.24) is 30.3 Å². The first-order chi connectivity index (χ1) is 12.1. The summed E-state index contributed by atoms with van der Waals surface area (Å²) < 4.78 is 1.57. The Morgan fingerprint density at radius 3 is 2.28 bits per heavy atom. The fourth-order valence-electron chi connectivity index (χ4n) is 3.70. The Hall–Kier alpha value is -2.12. The van der Waals surface area contributed by atoms with Gasteiger partial charge in [-0.15, -0.1) is 0 Å². The lowest BCUT2D eigenvalue weighted by Crippen LogP contribution is -2.51. The molecule has 1 atom stereocenters. The largest absolute Gasteiger partial charge is 0.341 e. The van der Waals surface area contributed by atoms with Gasteiger partial charge < -0.3 is 15.5 Å². The molecule has 8 heteroatoms. The van der Waals surface area contributed by atoms with Crippen molar-refractivity contribution in [3.8, 4) is 0 Å². The van der Waals surface area contributed by atoms with E-state index in [0.717, 1.165) is 25.7 Å². The van der Waals surface area contributed by atoms with Gasteiger partial charge in [-0.3, -0.25) is 4.79 Å². The van der Waals surface area contributed by atoms with E-state index in [1.165, 1.54) is 25.6 Å². The average Bonchev–Trinajstić information content (AvgIpc) is 3.16. The van der Waals surface area contributed by atoms with E-state index in [2.05, 4.69) is 20.7 Å². The summed E-state index contributed by atoms with van der Waals surface area (Å²) in [5, 5.41) is 10.2. The fraction of sp³-hybridized carbons (Fsp3) is 0.765. The topological polar surface area (TPSA) is 92.2 Å². The maximum absolute atomic E-state index is 12.5. The van der Waals surface area contributed by atoms with Crippen molar-refractivity contribution in [3.63, 3.8) is 0 Å². The van der Waals surface area contributed by atoms with Crippen LogP contribution >= 0.6 is 0 Å². The number of likely N-dealkylation sites (tertiary alicyclic amines) is 1. The number of carbonyl (C=O) groups excluding carboxylic acids is 2. The number of nitrogens with zero attached hydrogens (tertiary/aromatic N) is 4. The number of hydrogen-bond donors (Lipinski definition) is 2. The Morgan fingerprint density at radius 2 is 1.68 bits per heavy atom. The Labute approximate surface area is 148 Å². The lowest BCUT2D eigenvalue weighted by Gasteiger charge is -2.34. The lowest BCUT2D eigenvalue weighted by atomic mass is 9.96. The zero-order chi connectivity index (χ0) is 17.6. The van der Waals surface area contributed by atoms with Crippen LogP contribution in [0.3, 0.4) is 0 Å². The van der Waals surface area contributed by atoms with Crippen molar-refractivity contribution in [2.45, 2.75) is 70.0 Å². The summed E-state index contributed by atoms with van der Waals surface area (Å²) in [5.41, 5.74) is 0. The molecule has 1 aromatic rings. The molecule has 0 unspecified atom stereocenters. The molecule has 25 heavy (non-hydrogen) atoms. The SMILES string of the molecule is C[C@@H](C(=O)N1CCC(NC(=O)NC2CCCCC2)CC1)n1cncn1. The monoisotopic (exact) mass is 348 g/mol. The molecule has 0 bridgehead atoms. The second-order valence-corrected chi connectivity index (χ2v) is 7.10. The van der Waals surface area contributed by atoms with E-state index in [4.69, 9.17) is 0 Å². The summed E-state index contributed by atoms with van der Waals surface area (Å²) in [6.45, 7) is 3.15. The number of piperidine rings is 1. The second-order valence-electron chi connectivity index (χ2n) is 7.10. The van der Waals surface area contributed by atoms with Crippen LogP contribution in [0, 0.1) is 0 Å². The highest BCUT2D eigenvalue weighted by Crippen LogP contribution is 2.18. The zero-order valence-corrected chi connectivity index (χ0v) is 14.9. The van der Waals surface area contributed by atoms with Crippen LogP contribution in [0.1, 0.15) is 57.9 Å². The third-order valence-electron chi connectivity index (χ3n) is 5.27. The minimum absolute atomic E-state index is 0.0515. The third-order valence-corrected chi connectivity index (χ3v) is 5.27. The van der Waals surface area contributed by atoms with E-state index in [0.29, 0.717) is 19.1 Å². The van der Waals surface area contributed by atoms with Gasteiger partial charge in [0.1, 0.15) is 18.7 Å². The maximum Gasteiger partial charge on any atom is 0.315 e. The van der Waals surface area contributed by atoms with Crippen LogP contribution in [0.25, 0.3) is 0 Å². The van der Waals surface area contributed by atoms with Crippen molar-refractivity contribution in [1.29, 1.82) is 0 Å².